The zero-order chi connectivity index (χ0) is 22.2. The number of fused-ring (bicyclic) bond motifs is 1. The van der Waals surface area contributed by atoms with Crippen LogP contribution in [-0.4, -0.2) is 53.5 Å². The van der Waals surface area contributed by atoms with Gasteiger partial charge in [-0.15, -0.1) is 0 Å². The van der Waals surface area contributed by atoms with E-state index in [1.54, 1.807) is 13.0 Å². The Morgan fingerprint density at radius 2 is 1.88 bits per heavy atom. The Morgan fingerprint density at radius 1 is 1.06 bits per heavy atom. The summed E-state index contributed by atoms with van der Waals surface area (Å²) in [5, 5.41) is 8.73. The Bertz CT molecular complexity index is 1120. The van der Waals surface area contributed by atoms with Crippen molar-refractivity contribution in [2.24, 2.45) is 0 Å². The van der Waals surface area contributed by atoms with Crippen LogP contribution in [0.1, 0.15) is 42.7 Å². The summed E-state index contributed by atoms with van der Waals surface area (Å²) >= 11 is 0. The number of benzene rings is 1. The van der Waals surface area contributed by atoms with Crippen LogP contribution in [0.3, 0.4) is 0 Å². The highest BCUT2D eigenvalue weighted by Crippen LogP contribution is 2.37. The molecule has 1 atom stereocenters. The molecule has 8 heteroatoms. The molecule has 0 spiro atoms. The predicted molar refractivity (Wildman–Crippen MR) is 121 cm³/mol. The Morgan fingerprint density at radius 3 is 2.56 bits per heavy atom. The van der Waals surface area contributed by atoms with E-state index in [2.05, 4.69) is 20.4 Å². The molecular weight excluding hydrogens is 409 g/mol. The van der Waals surface area contributed by atoms with Crippen LogP contribution in [0.2, 0.25) is 0 Å². The summed E-state index contributed by atoms with van der Waals surface area (Å²) in [6.45, 7) is 8.99. The first kappa shape index (κ1) is 21.3. The molecule has 3 aromatic rings. The summed E-state index contributed by atoms with van der Waals surface area (Å²) in [6.07, 6.45) is 4.29. The number of pyridine rings is 1. The van der Waals surface area contributed by atoms with Crippen LogP contribution in [0.25, 0.3) is 22.3 Å². The second kappa shape index (κ2) is 8.75. The van der Waals surface area contributed by atoms with E-state index in [0.29, 0.717) is 29.3 Å². The fourth-order valence-corrected chi connectivity index (χ4v) is 4.96. The minimum absolute atomic E-state index is 0.297. The van der Waals surface area contributed by atoms with Gasteiger partial charge in [-0.05, 0) is 62.8 Å². The van der Waals surface area contributed by atoms with E-state index in [0.717, 1.165) is 73.5 Å². The molecule has 4 heterocycles. The third kappa shape index (κ3) is 4.09. The van der Waals surface area contributed by atoms with Gasteiger partial charge in [0.05, 0.1) is 12.2 Å². The summed E-state index contributed by atoms with van der Waals surface area (Å²) in [7, 11) is 0. The summed E-state index contributed by atoms with van der Waals surface area (Å²) in [6, 6.07) is 4.41. The molecule has 0 unspecified atom stereocenters. The molecular formula is C24H30FN5O2. The van der Waals surface area contributed by atoms with Crippen LogP contribution >= 0.6 is 0 Å². The molecule has 2 fully saturated rings. The average molecular weight is 440 g/mol. The van der Waals surface area contributed by atoms with Gasteiger partial charge in [-0.2, -0.15) is 4.98 Å². The van der Waals surface area contributed by atoms with E-state index >= 15 is 0 Å². The maximum atomic E-state index is 14.9. The molecule has 2 aliphatic heterocycles. The van der Waals surface area contributed by atoms with Gasteiger partial charge >= 0.3 is 0 Å². The lowest BCUT2D eigenvalue weighted by atomic mass is 9.98. The fourth-order valence-electron chi connectivity index (χ4n) is 4.96. The van der Waals surface area contributed by atoms with Crippen molar-refractivity contribution in [3.8, 4) is 11.4 Å². The van der Waals surface area contributed by atoms with E-state index in [-0.39, 0.29) is 5.82 Å². The van der Waals surface area contributed by atoms with Gasteiger partial charge in [-0.25, -0.2) is 9.37 Å². The lowest BCUT2D eigenvalue weighted by Gasteiger charge is -2.37. The van der Waals surface area contributed by atoms with Crippen molar-refractivity contribution in [3.63, 3.8) is 0 Å². The Kier molecular flexibility index (Phi) is 5.82. The number of piperidine rings is 1. The van der Waals surface area contributed by atoms with Crippen LogP contribution < -0.4 is 10.2 Å². The van der Waals surface area contributed by atoms with Crippen molar-refractivity contribution in [3.05, 3.63) is 35.0 Å². The molecule has 0 saturated carbocycles. The number of aromatic nitrogens is 3. The number of aryl methyl sites for hydroxylation is 3. The van der Waals surface area contributed by atoms with Crippen LogP contribution in [0.5, 0.6) is 0 Å². The highest BCUT2D eigenvalue weighted by atomic mass is 19.1. The molecule has 170 valence electrons. The van der Waals surface area contributed by atoms with Gasteiger partial charge in [0.2, 0.25) is 11.7 Å². The average Bonchev–Trinajstić information content (AvgIpc) is 3.21. The molecule has 2 saturated heterocycles. The summed E-state index contributed by atoms with van der Waals surface area (Å²) in [5.41, 5.74) is 3.01. The van der Waals surface area contributed by atoms with Gasteiger partial charge in [-0.1, -0.05) is 5.16 Å². The lowest BCUT2D eigenvalue weighted by Crippen LogP contribution is -2.48. The van der Waals surface area contributed by atoms with Gasteiger partial charge < -0.3 is 19.5 Å². The van der Waals surface area contributed by atoms with E-state index in [1.165, 1.54) is 6.42 Å². The topological polar surface area (TPSA) is 76.3 Å². The molecule has 1 aromatic carbocycles. The number of ether oxygens (including phenoxy) is 1. The van der Waals surface area contributed by atoms with Crippen LogP contribution in [0.4, 0.5) is 10.2 Å². The van der Waals surface area contributed by atoms with E-state index in [9.17, 15) is 4.39 Å². The minimum Gasteiger partial charge on any atom is -0.380 e. The molecule has 0 bridgehead atoms. The number of rotatable bonds is 4. The summed E-state index contributed by atoms with van der Waals surface area (Å²) in [4.78, 5) is 11.5. The quantitative estimate of drug-likeness (QED) is 0.656. The molecule has 2 aliphatic rings. The molecule has 0 aliphatic carbocycles. The number of halogens is 1. The Balaban J connectivity index is 1.47. The van der Waals surface area contributed by atoms with Gasteiger partial charge in [0.1, 0.15) is 17.2 Å². The minimum atomic E-state index is -0.297. The van der Waals surface area contributed by atoms with Gasteiger partial charge in [0.15, 0.2) is 0 Å². The largest absolute Gasteiger partial charge is 0.380 e. The highest BCUT2D eigenvalue weighted by Gasteiger charge is 2.28. The third-order valence-corrected chi connectivity index (χ3v) is 6.61. The second-order valence-corrected chi connectivity index (χ2v) is 9.06. The predicted octanol–water partition coefficient (Wildman–Crippen LogP) is 4.09. The van der Waals surface area contributed by atoms with Gasteiger partial charge in [-0.3, -0.25) is 0 Å². The smallest absolute Gasteiger partial charge is 0.223 e. The second-order valence-electron chi connectivity index (χ2n) is 9.06. The van der Waals surface area contributed by atoms with Crippen LogP contribution in [0, 0.1) is 26.6 Å². The first-order valence-electron chi connectivity index (χ1n) is 11.5. The van der Waals surface area contributed by atoms with Crippen molar-refractivity contribution in [2.45, 2.75) is 58.5 Å². The summed E-state index contributed by atoms with van der Waals surface area (Å²) in [5.74, 6) is 1.44. The summed E-state index contributed by atoms with van der Waals surface area (Å²) < 4.78 is 25.8. The molecule has 0 radical (unpaired) electrons. The zero-order valence-electron chi connectivity index (χ0n) is 18.9. The molecule has 7 nitrogen and oxygen atoms in total. The number of hydrogen-bond acceptors (Lipinski definition) is 7. The molecule has 32 heavy (non-hydrogen) atoms. The SMILES string of the molecule is Cc1cc(F)c2nc(N3CCC(N[C@@H]4CCCOC4)CC3)c(-c3noc(C)n3)c(C)c2c1. The maximum Gasteiger partial charge on any atom is 0.223 e. The molecule has 1 N–H and O–H groups in total. The number of anilines is 1. The third-order valence-electron chi connectivity index (χ3n) is 6.61. The van der Waals surface area contributed by atoms with Crippen molar-refractivity contribution in [1.29, 1.82) is 0 Å². The fraction of sp³-hybridized carbons (Fsp3) is 0.542. The van der Waals surface area contributed by atoms with Gasteiger partial charge in [0, 0.05) is 44.1 Å². The van der Waals surface area contributed by atoms with Crippen LogP contribution in [0.15, 0.2) is 16.7 Å². The van der Waals surface area contributed by atoms with Gasteiger partial charge in [0.25, 0.3) is 0 Å². The zero-order valence-corrected chi connectivity index (χ0v) is 18.9. The highest BCUT2D eigenvalue weighted by molar-refractivity contribution is 5.93. The lowest BCUT2D eigenvalue weighted by molar-refractivity contribution is 0.0650. The maximum absolute atomic E-state index is 14.9. The monoisotopic (exact) mass is 439 g/mol. The number of nitrogens with one attached hydrogen (secondary N) is 1. The van der Waals surface area contributed by atoms with Crippen LogP contribution in [-0.2, 0) is 4.74 Å². The molecule has 2 aromatic heterocycles. The number of nitrogens with zero attached hydrogens (tertiary/aromatic N) is 4. The standard InChI is InChI=1S/C24H30FN5O2/c1-14-11-19-15(2)21(23-26-16(3)32-29-23)24(28-22(19)20(25)12-14)30-8-6-17(7-9-30)27-18-5-4-10-31-13-18/h11-12,17-18,27H,4-10,13H2,1-3H3/t18-/m1/s1. The van der Waals surface area contributed by atoms with Crippen molar-refractivity contribution in [2.75, 3.05) is 31.2 Å². The van der Waals surface area contributed by atoms with E-state index in [1.807, 2.05) is 19.9 Å². The van der Waals surface area contributed by atoms with Crippen molar-refractivity contribution < 1.29 is 13.7 Å². The van der Waals surface area contributed by atoms with Crippen molar-refractivity contribution >= 4 is 16.7 Å². The number of hydrogen-bond donors (Lipinski definition) is 1. The molecule has 0 amide bonds. The Labute approximate surface area is 187 Å². The molecule has 5 rings (SSSR count). The normalized spacial score (nSPS) is 20.2. The first-order chi connectivity index (χ1) is 15.5. The van der Waals surface area contributed by atoms with Crippen molar-refractivity contribution in [1.82, 2.24) is 20.4 Å². The van der Waals surface area contributed by atoms with E-state index in [4.69, 9.17) is 14.2 Å². The van der Waals surface area contributed by atoms with E-state index < -0.39 is 0 Å². The first-order valence-corrected chi connectivity index (χ1v) is 11.5. The Hall–Kier alpha value is -2.58.